The predicted molar refractivity (Wildman–Crippen MR) is 87.6 cm³/mol. The Morgan fingerprint density at radius 2 is 2.00 bits per heavy atom. The second kappa shape index (κ2) is 7.29. The number of hydrogen-bond acceptors (Lipinski definition) is 6. The summed E-state index contributed by atoms with van der Waals surface area (Å²) in [6.07, 6.45) is 1.69. The van der Waals surface area contributed by atoms with Gasteiger partial charge in [0, 0.05) is 24.4 Å². The lowest BCUT2D eigenvalue weighted by Crippen LogP contribution is -2.41. The number of amides is 1. The summed E-state index contributed by atoms with van der Waals surface area (Å²) in [4.78, 5) is 29.6. The molecule has 0 saturated carbocycles. The number of rotatable bonds is 3. The Morgan fingerprint density at radius 3 is 2.57 bits per heavy atom. The van der Waals surface area contributed by atoms with Crippen LogP contribution in [0, 0.1) is 0 Å². The summed E-state index contributed by atoms with van der Waals surface area (Å²) in [6, 6.07) is 0. The van der Waals surface area contributed by atoms with Crippen LogP contribution in [-0.2, 0) is 20.7 Å². The highest BCUT2D eigenvalue weighted by molar-refractivity contribution is 7.09. The molecule has 2 heterocycles. The third-order valence-electron chi connectivity index (χ3n) is 3.62. The number of nitrogens with zero attached hydrogens (tertiary/aromatic N) is 2. The predicted octanol–water partition coefficient (Wildman–Crippen LogP) is 2.97. The normalized spacial score (nSPS) is 16.3. The number of piperidine rings is 1. The molecular weight excluding hydrogens is 316 g/mol. The molecule has 1 amide bonds. The third-order valence-corrected chi connectivity index (χ3v) is 4.67. The zero-order chi connectivity index (χ0) is 17.0. The van der Waals surface area contributed by atoms with Gasteiger partial charge in [0.1, 0.15) is 5.60 Å². The molecule has 0 radical (unpaired) electrons. The van der Waals surface area contributed by atoms with Crippen molar-refractivity contribution in [1.29, 1.82) is 0 Å². The largest absolute Gasteiger partial charge is 0.469 e. The Bertz CT molecular complexity index is 557. The van der Waals surface area contributed by atoms with Crippen LogP contribution in [0.4, 0.5) is 4.79 Å². The van der Waals surface area contributed by atoms with E-state index in [9.17, 15) is 9.59 Å². The molecule has 1 aromatic rings. The molecule has 7 heteroatoms. The summed E-state index contributed by atoms with van der Waals surface area (Å²) in [7, 11) is 1.38. The molecule has 1 aromatic heterocycles. The van der Waals surface area contributed by atoms with Crippen LogP contribution in [0.2, 0.25) is 0 Å². The smallest absolute Gasteiger partial charge is 0.410 e. The summed E-state index contributed by atoms with van der Waals surface area (Å²) in [5.74, 6) is 0.0617. The molecular formula is C16H24N2O4S. The van der Waals surface area contributed by atoms with E-state index in [1.54, 1.807) is 16.2 Å². The summed E-state index contributed by atoms with van der Waals surface area (Å²) in [5, 5.41) is 2.94. The SMILES string of the molecule is COC(=O)Cc1csc(C2CCN(C(=O)OC(C)(C)C)CC2)n1. The third kappa shape index (κ3) is 5.20. The van der Waals surface area contributed by atoms with E-state index in [-0.39, 0.29) is 18.5 Å². The minimum absolute atomic E-state index is 0.212. The van der Waals surface area contributed by atoms with Gasteiger partial charge < -0.3 is 14.4 Å². The molecule has 1 aliphatic heterocycles. The van der Waals surface area contributed by atoms with Crippen LogP contribution in [0.15, 0.2) is 5.38 Å². The Morgan fingerprint density at radius 1 is 1.35 bits per heavy atom. The van der Waals surface area contributed by atoms with Gasteiger partial charge in [0.15, 0.2) is 0 Å². The van der Waals surface area contributed by atoms with Gasteiger partial charge in [-0.1, -0.05) is 0 Å². The van der Waals surface area contributed by atoms with E-state index in [1.807, 2.05) is 26.2 Å². The van der Waals surface area contributed by atoms with Gasteiger partial charge in [-0.3, -0.25) is 4.79 Å². The number of ether oxygens (including phenoxy) is 2. The summed E-state index contributed by atoms with van der Waals surface area (Å²) in [6.45, 7) is 6.96. The molecule has 0 bridgehead atoms. The molecule has 1 saturated heterocycles. The van der Waals surface area contributed by atoms with Crippen LogP contribution >= 0.6 is 11.3 Å². The van der Waals surface area contributed by atoms with Gasteiger partial charge in [-0.05, 0) is 33.6 Å². The van der Waals surface area contributed by atoms with Gasteiger partial charge in [-0.2, -0.15) is 0 Å². The first kappa shape index (κ1) is 17.7. The van der Waals surface area contributed by atoms with E-state index in [0.29, 0.717) is 19.0 Å². The first-order chi connectivity index (χ1) is 10.8. The molecule has 2 rings (SSSR count). The van der Waals surface area contributed by atoms with Crippen LogP contribution in [0.5, 0.6) is 0 Å². The lowest BCUT2D eigenvalue weighted by atomic mass is 9.98. The van der Waals surface area contributed by atoms with Crippen molar-refractivity contribution in [2.24, 2.45) is 0 Å². The standard InChI is InChI=1S/C16H24N2O4S/c1-16(2,3)22-15(20)18-7-5-11(6-8-18)14-17-12(10-23-14)9-13(19)21-4/h10-11H,5-9H2,1-4H3. The summed E-state index contributed by atoms with van der Waals surface area (Å²) < 4.78 is 10.1. The van der Waals surface area contributed by atoms with Crippen molar-refractivity contribution in [3.63, 3.8) is 0 Å². The van der Waals surface area contributed by atoms with Crippen LogP contribution in [0.1, 0.15) is 50.2 Å². The quantitative estimate of drug-likeness (QED) is 0.791. The first-order valence-corrected chi connectivity index (χ1v) is 8.65. The second-order valence-electron chi connectivity index (χ2n) is 6.67. The van der Waals surface area contributed by atoms with Crippen molar-refractivity contribution >= 4 is 23.4 Å². The first-order valence-electron chi connectivity index (χ1n) is 7.77. The second-order valence-corrected chi connectivity index (χ2v) is 7.56. The Hall–Kier alpha value is -1.63. The average molecular weight is 340 g/mol. The van der Waals surface area contributed by atoms with E-state index in [1.165, 1.54) is 7.11 Å². The molecule has 1 aliphatic rings. The molecule has 6 nitrogen and oxygen atoms in total. The van der Waals surface area contributed by atoms with Gasteiger partial charge in [0.2, 0.25) is 0 Å². The van der Waals surface area contributed by atoms with Crippen molar-refractivity contribution in [2.75, 3.05) is 20.2 Å². The molecule has 23 heavy (non-hydrogen) atoms. The minimum atomic E-state index is -0.466. The summed E-state index contributed by atoms with van der Waals surface area (Å²) in [5.41, 5.74) is 0.290. The molecule has 0 atom stereocenters. The van der Waals surface area contributed by atoms with Crippen molar-refractivity contribution in [1.82, 2.24) is 9.88 Å². The molecule has 0 spiro atoms. The lowest BCUT2D eigenvalue weighted by molar-refractivity contribution is -0.139. The number of carbonyl (C=O) groups excluding carboxylic acids is 2. The number of likely N-dealkylation sites (tertiary alicyclic amines) is 1. The van der Waals surface area contributed by atoms with Gasteiger partial charge >= 0.3 is 12.1 Å². The summed E-state index contributed by atoms with van der Waals surface area (Å²) >= 11 is 1.57. The number of aromatic nitrogens is 1. The Balaban J connectivity index is 1.87. The minimum Gasteiger partial charge on any atom is -0.469 e. The number of methoxy groups -OCH3 is 1. The maximum absolute atomic E-state index is 12.1. The molecule has 0 aromatic carbocycles. The highest BCUT2D eigenvalue weighted by atomic mass is 32.1. The van der Waals surface area contributed by atoms with Crippen LogP contribution in [-0.4, -0.2) is 47.7 Å². The van der Waals surface area contributed by atoms with Crippen LogP contribution < -0.4 is 0 Å². The number of carbonyl (C=O) groups is 2. The fourth-order valence-corrected chi connectivity index (χ4v) is 3.44. The average Bonchev–Trinajstić information content (AvgIpc) is 2.94. The Kier molecular flexibility index (Phi) is 5.62. The zero-order valence-electron chi connectivity index (χ0n) is 14.1. The monoisotopic (exact) mass is 340 g/mol. The van der Waals surface area contributed by atoms with Crippen molar-refractivity contribution in [3.8, 4) is 0 Å². The van der Waals surface area contributed by atoms with E-state index in [4.69, 9.17) is 4.74 Å². The Labute approximate surface area is 140 Å². The van der Waals surface area contributed by atoms with Crippen molar-refractivity contribution in [2.45, 2.75) is 51.6 Å². The molecule has 0 unspecified atom stereocenters. The topological polar surface area (TPSA) is 68.7 Å². The van der Waals surface area contributed by atoms with Gasteiger partial charge in [-0.25, -0.2) is 9.78 Å². The molecule has 0 N–H and O–H groups in total. The lowest BCUT2D eigenvalue weighted by Gasteiger charge is -2.32. The molecule has 0 aliphatic carbocycles. The fourth-order valence-electron chi connectivity index (χ4n) is 2.45. The van der Waals surface area contributed by atoms with Crippen LogP contribution in [0.25, 0.3) is 0 Å². The highest BCUT2D eigenvalue weighted by Gasteiger charge is 2.28. The van der Waals surface area contributed by atoms with Crippen LogP contribution in [0.3, 0.4) is 0 Å². The maximum Gasteiger partial charge on any atom is 0.410 e. The van der Waals surface area contributed by atoms with Crippen molar-refractivity contribution in [3.05, 3.63) is 16.1 Å². The molecule has 1 fully saturated rings. The fraction of sp³-hybridized carbons (Fsp3) is 0.688. The van der Waals surface area contributed by atoms with E-state index >= 15 is 0 Å². The number of hydrogen-bond donors (Lipinski definition) is 0. The number of thiazole rings is 1. The van der Waals surface area contributed by atoms with Gasteiger partial charge in [-0.15, -0.1) is 11.3 Å². The van der Waals surface area contributed by atoms with Gasteiger partial charge in [0.25, 0.3) is 0 Å². The van der Waals surface area contributed by atoms with E-state index in [2.05, 4.69) is 9.72 Å². The maximum atomic E-state index is 12.1. The zero-order valence-corrected chi connectivity index (χ0v) is 14.9. The van der Waals surface area contributed by atoms with E-state index < -0.39 is 5.60 Å². The van der Waals surface area contributed by atoms with Gasteiger partial charge in [0.05, 0.1) is 24.2 Å². The highest BCUT2D eigenvalue weighted by Crippen LogP contribution is 2.31. The van der Waals surface area contributed by atoms with Crippen molar-refractivity contribution < 1.29 is 19.1 Å². The van der Waals surface area contributed by atoms with E-state index in [0.717, 1.165) is 23.5 Å². The number of esters is 1. The molecule has 128 valence electrons.